The molecule has 2 amide bonds. The van der Waals surface area contributed by atoms with Crippen molar-refractivity contribution in [2.24, 2.45) is 0 Å². The van der Waals surface area contributed by atoms with Crippen molar-refractivity contribution < 1.29 is 15.1 Å². The highest BCUT2D eigenvalue weighted by molar-refractivity contribution is 6.31. The molecule has 2 aromatic rings. The molecule has 8 heteroatoms. The maximum atomic E-state index is 13.2. The molecule has 1 heterocycles. The van der Waals surface area contributed by atoms with Crippen molar-refractivity contribution in [2.75, 3.05) is 16.8 Å². The fourth-order valence-corrected chi connectivity index (χ4v) is 3.61. The summed E-state index contributed by atoms with van der Waals surface area (Å²) in [5, 5.41) is 6.86. The zero-order valence-corrected chi connectivity index (χ0v) is 19.5. The number of nitrogens with one attached hydrogen (secondary N) is 2. The summed E-state index contributed by atoms with van der Waals surface area (Å²) in [5.41, 5.74) is 2.28. The first-order valence-electron chi connectivity index (χ1n) is 10.3. The van der Waals surface area contributed by atoms with E-state index in [-0.39, 0.29) is 29.7 Å². The number of rotatable bonds is 8. The summed E-state index contributed by atoms with van der Waals surface area (Å²) in [6.07, 6.45) is 4.37. The monoisotopic (exact) mass is 467 g/mol. The van der Waals surface area contributed by atoms with Gasteiger partial charge in [0.15, 0.2) is 0 Å². The molecule has 6 nitrogen and oxygen atoms in total. The van der Waals surface area contributed by atoms with Crippen LogP contribution >= 0.6 is 24.0 Å². The Morgan fingerprint density at radius 2 is 1.87 bits per heavy atom. The summed E-state index contributed by atoms with van der Waals surface area (Å²) in [7, 11) is 0. The molecule has 0 aliphatic carbocycles. The van der Waals surface area contributed by atoms with Crippen LogP contribution in [-0.2, 0) is 4.79 Å². The number of amides is 2. The van der Waals surface area contributed by atoms with Gasteiger partial charge in [-0.15, -0.1) is 12.4 Å². The van der Waals surface area contributed by atoms with E-state index in [9.17, 15) is 9.59 Å². The number of anilines is 3. The predicted octanol–water partition coefficient (Wildman–Crippen LogP) is 5.12. The van der Waals surface area contributed by atoms with Crippen LogP contribution < -0.4 is 15.5 Å². The van der Waals surface area contributed by atoms with Crippen molar-refractivity contribution in [3.8, 4) is 0 Å². The van der Waals surface area contributed by atoms with Gasteiger partial charge in [0.05, 0.1) is 22.6 Å². The van der Waals surface area contributed by atoms with Gasteiger partial charge in [0.25, 0.3) is 5.91 Å². The van der Waals surface area contributed by atoms with Crippen molar-refractivity contribution in [1.29, 1.82) is 0 Å². The summed E-state index contributed by atoms with van der Waals surface area (Å²) in [4.78, 5) is 27.5. The second kappa shape index (κ2) is 12.7. The second-order valence-corrected chi connectivity index (χ2v) is 7.87. The predicted molar refractivity (Wildman–Crippen MR) is 130 cm³/mol. The van der Waals surface area contributed by atoms with Crippen LogP contribution in [0, 0.1) is 0 Å². The Labute approximate surface area is 195 Å². The summed E-state index contributed by atoms with van der Waals surface area (Å²) >= 11 is 6.12. The lowest BCUT2D eigenvalue weighted by molar-refractivity contribution is -0.118. The molecular weight excluding hydrogens is 437 g/mol. The minimum Gasteiger partial charge on any atom is -0.412 e. The number of halogens is 2. The van der Waals surface area contributed by atoms with Gasteiger partial charge in [-0.25, -0.2) is 0 Å². The Morgan fingerprint density at radius 3 is 2.61 bits per heavy atom. The van der Waals surface area contributed by atoms with Gasteiger partial charge in [-0.2, -0.15) is 0 Å². The summed E-state index contributed by atoms with van der Waals surface area (Å²) in [6.45, 7) is 5.31. The largest absolute Gasteiger partial charge is 0.412 e. The van der Waals surface area contributed by atoms with Crippen LogP contribution in [0.1, 0.15) is 56.3 Å². The molecule has 3 rings (SSSR count). The Hall–Kier alpha value is -2.12. The van der Waals surface area contributed by atoms with Crippen molar-refractivity contribution in [1.82, 2.24) is 5.32 Å². The van der Waals surface area contributed by atoms with Crippen molar-refractivity contribution in [2.45, 2.75) is 52.0 Å². The number of benzene rings is 2. The zero-order valence-electron chi connectivity index (χ0n) is 17.9. The third-order valence-corrected chi connectivity index (χ3v) is 5.49. The Bertz CT molecular complexity index is 892. The van der Waals surface area contributed by atoms with E-state index >= 15 is 0 Å². The summed E-state index contributed by atoms with van der Waals surface area (Å²) < 4.78 is 0. The van der Waals surface area contributed by atoms with E-state index in [1.807, 2.05) is 12.1 Å². The summed E-state index contributed by atoms with van der Waals surface area (Å²) in [6, 6.07) is 12.9. The van der Waals surface area contributed by atoms with Gasteiger partial charge in [0, 0.05) is 17.5 Å². The van der Waals surface area contributed by atoms with Crippen molar-refractivity contribution in [3.63, 3.8) is 0 Å². The van der Waals surface area contributed by atoms with E-state index in [1.54, 1.807) is 35.2 Å². The molecule has 0 spiro atoms. The van der Waals surface area contributed by atoms with Crippen LogP contribution in [0.25, 0.3) is 0 Å². The van der Waals surface area contributed by atoms with Crippen LogP contribution in [0.15, 0.2) is 42.5 Å². The van der Waals surface area contributed by atoms with Crippen LogP contribution in [0.5, 0.6) is 0 Å². The van der Waals surface area contributed by atoms with E-state index in [0.717, 1.165) is 32.2 Å². The average Bonchev–Trinajstić information content (AvgIpc) is 2.83. The van der Waals surface area contributed by atoms with Gasteiger partial charge < -0.3 is 16.1 Å². The van der Waals surface area contributed by atoms with Gasteiger partial charge in [-0.3, -0.25) is 14.5 Å². The normalized spacial score (nSPS) is 13.0. The highest BCUT2D eigenvalue weighted by Gasteiger charge is 2.28. The molecule has 2 aromatic carbocycles. The van der Waals surface area contributed by atoms with Gasteiger partial charge in [0.2, 0.25) is 5.91 Å². The minimum atomic E-state index is -0.240. The van der Waals surface area contributed by atoms with Crippen molar-refractivity contribution >= 4 is 52.9 Å². The van der Waals surface area contributed by atoms with Crippen LogP contribution in [0.2, 0.25) is 5.02 Å². The number of carbonyl (C=O) groups excluding carboxylic acids is 2. The Balaban J connectivity index is 0.00000240. The molecule has 1 aliphatic heterocycles. The minimum absolute atomic E-state index is 0. The molecule has 0 bridgehead atoms. The fourth-order valence-electron chi connectivity index (χ4n) is 3.43. The zero-order chi connectivity index (χ0) is 20.8. The highest BCUT2D eigenvalue weighted by Crippen LogP contribution is 2.39. The van der Waals surface area contributed by atoms with E-state index in [0.29, 0.717) is 40.1 Å². The molecule has 0 fully saturated rings. The third-order valence-electron chi connectivity index (χ3n) is 5.26. The standard InChI is InChI=1S/C23H28ClN3O2.ClH.H2O/c1-3-16(2)25-14-8-4-5-11-22(28)27-20-10-7-6-9-18(20)23(29)26-19-15-17(24)12-13-21(19)27;;/h6-7,9-10,12-13,15-16,25H,3-5,8,11,14H2,1-2H3,(H,26,29);1H;1H2. The van der Waals surface area contributed by atoms with E-state index in [2.05, 4.69) is 24.5 Å². The highest BCUT2D eigenvalue weighted by atomic mass is 35.5. The summed E-state index contributed by atoms with van der Waals surface area (Å²) in [5.74, 6) is -0.261. The molecule has 0 saturated carbocycles. The van der Waals surface area contributed by atoms with Gasteiger partial charge in [-0.1, -0.05) is 37.1 Å². The molecule has 4 N–H and O–H groups in total. The van der Waals surface area contributed by atoms with E-state index in [1.165, 1.54) is 0 Å². The van der Waals surface area contributed by atoms with Crippen LogP contribution in [0.4, 0.5) is 17.1 Å². The lowest BCUT2D eigenvalue weighted by Crippen LogP contribution is -2.27. The van der Waals surface area contributed by atoms with E-state index < -0.39 is 0 Å². The lowest BCUT2D eigenvalue weighted by atomic mass is 10.1. The molecule has 1 atom stereocenters. The number of hydrogen-bond acceptors (Lipinski definition) is 3. The van der Waals surface area contributed by atoms with Gasteiger partial charge in [-0.05, 0) is 63.1 Å². The Kier molecular flexibility index (Phi) is 11.0. The molecule has 1 aliphatic rings. The maximum Gasteiger partial charge on any atom is 0.257 e. The second-order valence-electron chi connectivity index (χ2n) is 7.44. The smallest absolute Gasteiger partial charge is 0.257 e. The number of hydrogen-bond donors (Lipinski definition) is 2. The van der Waals surface area contributed by atoms with Crippen LogP contribution in [-0.4, -0.2) is 29.9 Å². The van der Waals surface area contributed by atoms with Gasteiger partial charge in [0.1, 0.15) is 0 Å². The maximum absolute atomic E-state index is 13.2. The topological polar surface area (TPSA) is 92.9 Å². The first-order chi connectivity index (χ1) is 14.0. The third kappa shape index (κ3) is 6.68. The first-order valence-corrected chi connectivity index (χ1v) is 10.6. The Morgan fingerprint density at radius 1 is 1.13 bits per heavy atom. The number of nitrogens with zero attached hydrogens (tertiary/aromatic N) is 1. The van der Waals surface area contributed by atoms with Crippen LogP contribution in [0.3, 0.4) is 0 Å². The molecule has 0 radical (unpaired) electrons. The van der Waals surface area contributed by atoms with Crippen molar-refractivity contribution in [3.05, 3.63) is 53.1 Å². The number of carbonyl (C=O) groups is 2. The molecule has 1 unspecified atom stereocenters. The average molecular weight is 468 g/mol. The molecule has 31 heavy (non-hydrogen) atoms. The van der Waals surface area contributed by atoms with E-state index in [4.69, 9.17) is 11.6 Å². The molecule has 170 valence electrons. The number of para-hydroxylation sites is 1. The first kappa shape index (κ1) is 26.9. The quantitative estimate of drug-likeness (QED) is 0.527. The molecular formula is C23H31Cl2N3O3. The molecule has 0 aromatic heterocycles. The number of fused-ring (bicyclic) bond motifs is 2. The van der Waals surface area contributed by atoms with Gasteiger partial charge >= 0.3 is 0 Å². The molecule has 0 saturated heterocycles. The number of unbranched alkanes of at least 4 members (excludes halogenated alkanes) is 2. The SMILES string of the molecule is CCC(C)NCCCCCC(=O)N1c2ccc(Cl)cc2NC(=O)c2ccccc21.Cl.O. The lowest BCUT2D eigenvalue weighted by Gasteiger charge is -2.24. The fraction of sp³-hybridized carbons (Fsp3) is 0.391.